The molecule has 8 nitrogen and oxygen atoms in total. The Bertz CT molecular complexity index is 733. The first-order valence-electron chi connectivity index (χ1n) is 19.4. The number of phosphoric ester groups is 1. The smallest absolute Gasteiger partial charge is 0.268 e. The van der Waals surface area contributed by atoms with Crippen molar-refractivity contribution in [3.63, 3.8) is 0 Å². The highest BCUT2D eigenvalue weighted by Gasteiger charge is 2.24. The molecule has 0 rings (SSSR count). The number of likely N-dealkylation sites (N-methyl/N-ethyl adjacent to an activating group) is 1. The molecule has 0 saturated carbocycles. The largest absolute Gasteiger partial charge is 0.756 e. The molecule has 46 heavy (non-hydrogen) atoms. The molecular formula is C37H77N2O6P. The van der Waals surface area contributed by atoms with E-state index in [2.05, 4.69) is 19.2 Å². The first kappa shape index (κ1) is 45.5. The summed E-state index contributed by atoms with van der Waals surface area (Å²) in [6.07, 6.45) is 29.6. The van der Waals surface area contributed by atoms with E-state index in [9.17, 15) is 19.4 Å². The summed E-state index contributed by atoms with van der Waals surface area (Å²) < 4.78 is 23.1. The maximum Gasteiger partial charge on any atom is 0.268 e. The van der Waals surface area contributed by atoms with Crippen LogP contribution in [0, 0.1) is 0 Å². The lowest BCUT2D eigenvalue weighted by molar-refractivity contribution is -0.870. The van der Waals surface area contributed by atoms with Gasteiger partial charge >= 0.3 is 0 Å². The Labute approximate surface area is 285 Å². The number of carbonyl (C=O) groups is 1. The Morgan fingerprint density at radius 2 is 1.07 bits per heavy atom. The number of phosphoric acid groups is 1. The average molecular weight is 677 g/mol. The van der Waals surface area contributed by atoms with Crippen molar-refractivity contribution in [2.24, 2.45) is 0 Å². The number of nitrogens with zero attached hydrogens (tertiary/aromatic N) is 1. The lowest BCUT2D eigenvalue weighted by atomic mass is 10.0. The van der Waals surface area contributed by atoms with Gasteiger partial charge in [0, 0.05) is 6.42 Å². The van der Waals surface area contributed by atoms with Gasteiger partial charge in [-0.1, -0.05) is 162 Å². The topological polar surface area (TPSA) is 108 Å². The molecule has 0 aliphatic rings. The van der Waals surface area contributed by atoms with Crippen LogP contribution in [-0.4, -0.2) is 68.5 Å². The fourth-order valence-corrected chi connectivity index (χ4v) is 6.41. The van der Waals surface area contributed by atoms with Gasteiger partial charge in [-0.2, -0.15) is 0 Å². The minimum Gasteiger partial charge on any atom is -0.756 e. The molecule has 0 aromatic carbocycles. The van der Waals surface area contributed by atoms with Crippen LogP contribution in [0.25, 0.3) is 0 Å². The summed E-state index contributed by atoms with van der Waals surface area (Å²) in [6, 6.07) is -0.790. The Kier molecular flexibility index (Phi) is 30.2. The van der Waals surface area contributed by atoms with Gasteiger partial charge in [-0.15, -0.1) is 0 Å². The maximum atomic E-state index is 12.8. The van der Waals surface area contributed by atoms with Gasteiger partial charge in [0.2, 0.25) is 5.91 Å². The second-order valence-corrected chi connectivity index (χ2v) is 16.1. The molecule has 0 spiro atoms. The molecular weight excluding hydrogens is 599 g/mol. The van der Waals surface area contributed by atoms with Crippen molar-refractivity contribution in [3.05, 3.63) is 0 Å². The number of carbonyl (C=O) groups excluding carboxylic acids is 1. The number of nitrogens with one attached hydrogen (secondary N) is 1. The van der Waals surface area contributed by atoms with Crippen molar-refractivity contribution in [3.8, 4) is 0 Å². The lowest BCUT2D eigenvalue weighted by Gasteiger charge is -2.30. The van der Waals surface area contributed by atoms with Crippen molar-refractivity contribution in [2.75, 3.05) is 40.9 Å². The van der Waals surface area contributed by atoms with Crippen molar-refractivity contribution in [1.82, 2.24) is 5.32 Å². The second-order valence-electron chi connectivity index (χ2n) is 14.6. The summed E-state index contributed by atoms with van der Waals surface area (Å²) in [5, 5.41) is 13.8. The molecule has 0 radical (unpaired) electrons. The number of aliphatic hydroxyl groups excluding tert-OH is 1. The van der Waals surface area contributed by atoms with E-state index in [1.807, 2.05) is 21.1 Å². The molecule has 0 fully saturated rings. The van der Waals surface area contributed by atoms with Crippen LogP contribution in [0.5, 0.6) is 0 Å². The maximum absolute atomic E-state index is 12.8. The van der Waals surface area contributed by atoms with Crippen LogP contribution in [0.15, 0.2) is 0 Å². The van der Waals surface area contributed by atoms with Gasteiger partial charge < -0.3 is 28.8 Å². The molecule has 1 amide bonds. The van der Waals surface area contributed by atoms with Crippen LogP contribution in [0.1, 0.15) is 181 Å². The van der Waals surface area contributed by atoms with Crippen molar-refractivity contribution >= 4 is 13.7 Å². The quantitative estimate of drug-likeness (QED) is 0.0394. The molecule has 0 heterocycles. The third-order valence-corrected chi connectivity index (χ3v) is 9.81. The minimum absolute atomic E-state index is 0.0154. The highest BCUT2D eigenvalue weighted by atomic mass is 31.2. The summed E-state index contributed by atoms with van der Waals surface area (Å²) >= 11 is 0. The Morgan fingerprint density at radius 1 is 0.674 bits per heavy atom. The van der Waals surface area contributed by atoms with Crippen LogP contribution in [0.2, 0.25) is 0 Å². The van der Waals surface area contributed by atoms with Gasteiger partial charge in [-0.05, 0) is 12.8 Å². The van der Waals surface area contributed by atoms with E-state index in [0.29, 0.717) is 23.9 Å². The Balaban J connectivity index is 4.37. The summed E-state index contributed by atoms with van der Waals surface area (Å²) in [5.41, 5.74) is 0. The van der Waals surface area contributed by atoms with Crippen molar-refractivity contribution in [1.29, 1.82) is 0 Å². The van der Waals surface area contributed by atoms with Crippen LogP contribution >= 0.6 is 7.82 Å². The SMILES string of the molecule is CCCCCCCCCCCCCCCCCC(=O)N[C@@H](COP(=O)([O-])OCC[N+](C)(C)C)[C@H](O)CCCCCCCCCCC. The molecule has 0 saturated heterocycles. The summed E-state index contributed by atoms with van der Waals surface area (Å²) in [7, 11) is 1.31. The molecule has 0 aliphatic carbocycles. The van der Waals surface area contributed by atoms with E-state index in [0.717, 1.165) is 38.5 Å². The molecule has 276 valence electrons. The Hall–Kier alpha value is -0.500. The summed E-state index contributed by atoms with van der Waals surface area (Å²) in [4.78, 5) is 25.1. The van der Waals surface area contributed by atoms with Gasteiger partial charge in [0.15, 0.2) is 0 Å². The highest BCUT2D eigenvalue weighted by Crippen LogP contribution is 2.38. The van der Waals surface area contributed by atoms with Gasteiger partial charge in [0.1, 0.15) is 13.2 Å². The number of quaternary nitrogens is 1. The standard InChI is InChI=1S/C37H77N2O6P/c1-6-8-10-12-14-16-17-18-19-20-21-23-25-27-29-31-37(41)38-35(34-45-46(42,43)44-33-32-39(3,4)5)36(40)30-28-26-24-22-15-13-11-9-7-2/h35-36,40H,6-34H2,1-5H3,(H-,38,41,42,43)/t35-,36+/m0/s1. The first-order valence-corrected chi connectivity index (χ1v) is 20.8. The van der Waals surface area contributed by atoms with E-state index in [1.54, 1.807) is 0 Å². The summed E-state index contributed by atoms with van der Waals surface area (Å²) in [5.74, 6) is -0.166. The number of hydrogen-bond donors (Lipinski definition) is 2. The number of rotatable bonds is 35. The van der Waals surface area contributed by atoms with E-state index in [-0.39, 0.29) is 19.1 Å². The number of hydrogen-bond acceptors (Lipinski definition) is 6. The molecule has 0 bridgehead atoms. The van der Waals surface area contributed by atoms with Gasteiger partial charge in [-0.3, -0.25) is 9.36 Å². The van der Waals surface area contributed by atoms with Crippen LogP contribution in [0.3, 0.4) is 0 Å². The molecule has 1 unspecified atom stereocenters. The van der Waals surface area contributed by atoms with Crippen molar-refractivity contribution < 1.29 is 32.9 Å². The predicted molar refractivity (Wildman–Crippen MR) is 192 cm³/mol. The number of aliphatic hydroxyl groups is 1. The van der Waals surface area contributed by atoms with Gasteiger partial charge in [-0.25, -0.2) is 0 Å². The van der Waals surface area contributed by atoms with E-state index in [1.165, 1.54) is 116 Å². The van der Waals surface area contributed by atoms with Crippen LogP contribution in [-0.2, 0) is 18.4 Å². The highest BCUT2D eigenvalue weighted by molar-refractivity contribution is 7.45. The predicted octanol–water partition coefficient (Wildman–Crippen LogP) is 9.22. The molecule has 3 atom stereocenters. The zero-order valence-electron chi connectivity index (χ0n) is 31.0. The Morgan fingerprint density at radius 3 is 1.48 bits per heavy atom. The second kappa shape index (κ2) is 30.6. The molecule has 2 N–H and O–H groups in total. The zero-order chi connectivity index (χ0) is 34.4. The third kappa shape index (κ3) is 32.1. The van der Waals surface area contributed by atoms with E-state index in [4.69, 9.17) is 9.05 Å². The van der Waals surface area contributed by atoms with Crippen LogP contribution < -0.4 is 10.2 Å². The molecule has 0 aromatic rings. The van der Waals surface area contributed by atoms with Crippen molar-refractivity contribution in [2.45, 2.75) is 193 Å². The lowest BCUT2D eigenvalue weighted by Crippen LogP contribution is -2.46. The van der Waals surface area contributed by atoms with E-state index < -0.39 is 20.0 Å². The van der Waals surface area contributed by atoms with E-state index >= 15 is 0 Å². The molecule has 9 heteroatoms. The fraction of sp³-hybridized carbons (Fsp3) is 0.973. The normalized spacial score (nSPS) is 14.7. The first-order chi connectivity index (χ1) is 22.0. The zero-order valence-corrected chi connectivity index (χ0v) is 31.9. The molecule has 0 aliphatic heterocycles. The summed E-state index contributed by atoms with van der Waals surface area (Å²) in [6.45, 7) is 4.69. The average Bonchev–Trinajstić information content (AvgIpc) is 2.99. The monoisotopic (exact) mass is 677 g/mol. The van der Waals surface area contributed by atoms with Gasteiger partial charge in [0.25, 0.3) is 7.82 Å². The molecule has 0 aromatic heterocycles. The van der Waals surface area contributed by atoms with Crippen LogP contribution in [0.4, 0.5) is 0 Å². The minimum atomic E-state index is -4.54. The fourth-order valence-electron chi connectivity index (χ4n) is 5.69. The van der Waals surface area contributed by atoms with Gasteiger partial charge in [0.05, 0.1) is 39.9 Å². The third-order valence-electron chi connectivity index (χ3n) is 8.85. The number of unbranched alkanes of at least 4 members (excludes halogenated alkanes) is 22. The number of amides is 1.